The van der Waals surface area contributed by atoms with E-state index in [9.17, 15) is 18.0 Å². The third-order valence-corrected chi connectivity index (χ3v) is 5.18. The van der Waals surface area contributed by atoms with E-state index in [1.165, 1.54) is 12.1 Å². The topological polar surface area (TPSA) is 45.1 Å². The molecule has 1 amide bonds. The van der Waals surface area contributed by atoms with E-state index < -0.39 is 11.7 Å². The number of benzene rings is 2. The Morgan fingerprint density at radius 2 is 1.74 bits per heavy atom. The highest BCUT2D eigenvalue weighted by Gasteiger charge is 2.30. The van der Waals surface area contributed by atoms with Gasteiger partial charge in [-0.1, -0.05) is 36.3 Å². The number of anilines is 1. The lowest BCUT2D eigenvalue weighted by Gasteiger charge is -2.24. The van der Waals surface area contributed by atoms with Gasteiger partial charge in [-0.25, -0.2) is 0 Å². The molecule has 2 aromatic rings. The quantitative estimate of drug-likeness (QED) is 0.636. The van der Waals surface area contributed by atoms with E-state index in [2.05, 4.69) is 5.16 Å². The Hall–Kier alpha value is -3.03. The van der Waals surface area contributed by atoms with Gasteiger partial charge in [-0.2, -0.15) is 13.2 Å². The van der Waals surface area contributed by atoms with Crippen molar-refractivity contribution in [2.45, 2.75) is 38.6 Å². The minimum atomic E-state index is -4.38. The molecule has 0 fully saturated rings. The molecular weight excluding hydrogens is 407 g/mol. The van der Waals surface area contributed by atoms with Crippen molar-refractivity contribution >= 4 is 17.3 Å². The number of carbonyl (C=O) groups excluding carboxylic acids is 1. The molecule has 1 aliphatic rings. The second kappa shape index (κ2) is 9.41. The summed E-state index contributed by atoms with van der Waals surface area (Å²) in [6.45, 7) is 2.29. The molecule has 0 bridgehead atoms. The minimum Gasteiger partial charge on any atom is -0.390 e. The highest BCUT2D eigenvalue weighted by Crippen LogP contribution is 2.29. The van der Waals surface area contributed by atoms with Crippen LogP contribution >= 0.6 is 0 Å². The van der Waals surface area contributed by atoms with Crippen LogP contribution in [0.15, 0.2) is 53.7 Å². The predicted molar refractivity (Wildman–Crippen MR) is 114 cm³/mol. The van der Waals surface area contributed by atoms with Crippen molar-refractivity contribution in [2.75, 3.05) is 25.5 Å². The van der Waals surface area contributed by atoms with Gasteiger partial charge in [-0.3, -0.25) is 4.79 Å². The molecule has 0 saturated carbocycles. The summed E-state index contributed by atoms with van der Waals surface area (Å²) in [6, 6.07) is 12.9. The Labute approximate surface area is 180 Å². The van der Waals surface area contributed by atoms with E-state index in [1.807, 2.05) is 43.3 Å². The molecule has 0 aliphatic carbocycles. The van der Waals surface area contributed by atoms with Gasteiger partial charge in [0.1, 0.15) is 0 Å². The van der Waals surface area contributed by atoms with Gasteiger partial charge in [0.05, 0.1) is 17.8 Å². The van der Waals surface area contributed by atoms with Crippen LogP contribution in [0.3, 0.4) is 0 Å². The SMILES string of the molecule is CCC(=O)N(Cc1ccc(C(F)(F)F)cc1)CC1CC(c2ccc(N(C)C)cc2)=NO1. The Morgan fingerprint density at radius 3 is 2.29 bits per heavy atom. The fourth-order valence-electron chi connectivity index (χ4n) is 3.39. The first-order valence-electron chi connectivity index (χ1n) is 10.1. The van der Waals surface area contributed by atoms with Crippen LogP contribution in [0.25, 0.3) is 0 Å². The van der Waals surface area contributed by atoms with E-state index in [1.54, 1.807) is 11.8 Å². The molecule has 0 N–H and O–H groups in total. The van der Waals surface area contributed by atoms with Crippen molar-refractivity contribution in [1.82, 2.24) is 4.90 Å². The molecule has 8 heteroatoms. The number of oxime groups is 1. The van der Waals surface area contributed by atoms with Crippen molar-refractivity contribution < 1.29 is 22.8 Å². The van der Waals surface area contributed by atoms with Gasteiger partial charge in [0, 0.05) is 39.2 Å². The number of amides is 1. The fraction of sp³-hybridized carbons (Fsp3) is 0.391. The van der Waals surface area contributed by atoms with Crippen LogP contribution in [0.1, 0.15) is 36.5 Å². The van der Waals surface area contributed by atoms with Crippen LogP contribution in [0.5, 0.6) is 0 Å². The maximum Gasteiger partial charge on any atom is 0.416 e. The normalized spacial score (nSPS) is 15.9. The molecule has 0 spiro atoms. The summed E-state index contributed by atoms with van der Waals surface area (Å²) in [5.41, 5.74) is 2.78. The molecule has 31 heavy (non-hydrogen) atoms. The minimum absolute atomic E-state index is 0.0905. The van der Waals surface area contributed by atoms with E-state index in [-0.39, 0.29) is 18.6 Å². The Morgan fingerprint density at radius 1 is 1.10 bits per heavy atom. The molecule has 1 unspecified atom stereocenters. The number of nitrogens with zero attached hydrogens (tertiary/aromatic N) is 3. The number of halogens is 3. The monoisotopic (exact) mass is 433 g/mol. The molecule has 2 aromatic carbocycles. The van der Waals surface area contributed by atoms with Gasteiger partial charge in [-0.15, -0.1) is 0 Å². The largest absolute Gasteiger partial charge is 0.416 e. The zero-order valence-corrected chi connectivity index (χ0v) is 17.8. The lowest BCUT2D eigenvalue weighted by molar-refractivity contribution is -0.137. The van der Waals surface area contributed by atoms with Gasteiger partial charge in [0.2, 0.25) is 5.91 Å². The molecule has 3 rings (SSSR count). The lowest BCUT2D eigenvalue weighted by Crippen LogP contribution is -2.36. The summed E-state index contributed by atoms with van der Waals surface area (Å²) < 4.78 is 38.3. The molecule has 1 heterocycles. The highest BCUT2D eigenvalue weighted by atomic mass is 19.4. The Bertz CT molecular complexity index is 923. The van der Waals surface area contributed by atoms with Crippen molar-refractivity contribution in [3.05, 3.63) is 65.2 Å². The third kappa shape index (κ3) is 5.77. The van der Waals surface area contributed by atoms with Crippen LogP contribution < -0.4 is 4.90 Å². The third-order valence-electron chi connectivity index (χ3n) is 5.18. The van der Waals surface area contributed by atoms with Crippen LogP contribution in [-0.4, -0.2) is 43.3 Å². The van der Waals surface area contributed by atoms with Gasteiger partial charge in [0.25, 0.3) is 0 Å². The zero-order valence-electron chi connectivity index (χ0n) is 17.8. The second-order valence-corrected chi connectivity index (χ2v) is 7.73. The molecule has 1 atom stereocenters. The summed E-state index contributed by atoms with van der Waals surface area (Å²) in [5, 5.41) is 4.19. The number of hydrogen-bond acceptors (Lipinski definition) is 4. The number of hydrogen-bond donors (Lipinski definition) is 0. The molecule has 0 aromatic heterocycles. The van der Waals surface area contributed by atoms with Crippen LogP contribution in [0.2, 0.25) is 0 Å². The number of carbonyl (C=O) groups is 1. The molecule has 0 radical (unpaired) electrons. The first-order chi connectivity index (χ1) is 14.7. The molecule has 166 valence electrons. The van der Waals surface area contributed by atoms with Crippen molar-refractivity contribution in [2.24, 2.45) is 5.16 Å². The average Bonchev–Trinajstić information content (AvgIpc) is 3.21. The van der Waals surface area contributed by atoms with E-state index in [0.717, 1.165) is 29.1 Å². The van der Waals surface area contributed by atoms with Crippen LogP contribution in [-0.2, 0) is 22.4 Å². The zero-order chi connectivity index (χ0) is 22.6. The van der Waals surface area contributed by atoms with Crippen molar-refractivity contribution in [3.63, 3.8) is 0 Å². The van der Waals surface area contributed by atoms with E-state index >= 15 is 0 Å². The summed E-state index contributed by atoms with van der Waals surface area (Å²) >= 11 is 0. The van der Waals surface area contributed by atoms with E-state index in [4.69, 9.17) is 4.84 Å². The second-order valence-electron chi connectivity index (χ2n) is 7.73. The number of alkyl halides is 3. The Balaban J connectivity index is 1.63. The number of rotatable bonds is 7. The first kappa shape index (κ1) is 22.7. The van der Waals surface area contributed by atoms with Crippen molar-refractivity contribution in [3.8, 4) is 0 Å². The van der Waals surface area contributed by atoms with E-state index in [0.29, 0.717) is 24.9 Å². The lowest BCUT2D eigenvalue weighted by atomic mass is 10.0. The fourth-order valence-corrected chi connectivity index (χ4v) is 3.39. The van der Waals surface area contributed by atoms with Gasteiger partial charge in [-0.05, 0) is 35.4 Å². The Kier molecular flexibility index (Phi) is 6.87. The van der Waals surface area contributed by atoms with Crippen LogP contribution in [0.4, 0.5) is 18.9 Å². The summed E-state index contributed by atoms with van der Waals surface area (Å²) in [5.74, 6) is -0.0905. The summed E-state index contributed by atoms with van der Waals surface area (Å²) in [7, 11) is 3.94. The average molecular weight is 433 g/mol. The molecular formula is C23H26F3N3O2. The summed E-state index contributed by atoms with van der Waals surface area (Å²) in [4.78, 5) is 21.6. The standard InChI is InChI=1S/C23H26F3N3O2/c1-4-22(30)29(14-16-5-9-18(10-6-16)23(24,25)26)15-20-13-21(27-31-20)17-7-11-19(12-8-17)28(2)3/h5-12,20H,4,13-15H2,1-3H3. The molecule has 1 aliphatic heterocycles. The summed E-state index contributed by atoms with van der Waals surface area (Å²) in [6.07, 6.45) is -3.82. The highest BCUT2D eigenvalue weighted by molar-refractivity contribution is 6.01. The smallest absolute Gasteiger partial charge is 0.390 e. The maximum atomic E-state index is 12.8. The van der Waals surface area contributed by atoms with Crippen molar-refractivity contribution in [1.29, 1.82) is 0 Å². The molecule has 0 saturated heterocycles. The van der Waals surface area contributed by atoms with Gasteiger partial charge in [0.15, 0.2) is 6.10 Å². The van der Waals surface area contributed by atoms with Gasteiger partial charge >= 0.3 is 6.18 Å². The molecule has 5 nitrogen and oxygen atoms in total. The first-order valence-corrected chi connectivity index (χ1v) is 10.1. The van der Waals surface area contributed by atoms with Gasteiger partial charge < -0.3 is 14.6 Å². The maximum absolute atomic E-state index is 12.8. The van der Waals surface area contributed by atoms with Crippen LogP contribution in [0, 0.1) is 0 Å². The predicted octanol–water partition coefficient (Wildman–Crippen LogP) is 4.70.